The van der Waals surface area contributed by atoms with Gasteiger partial charge in [-0.1, -0.05) is 35.9 Å². The van der Waals surface area contributed by atoms with Crippen molar-refractivity contribution in [3.05, 3.63) is 77.9 Å². The van der Waals surface area contributed by atoms with Crippen LogP contribution in [0.2, 0.25) is 0 Å². The number of benzene rings is 2. The Kier molecular flexibility index (Phi) is 8.14. The van der Waals surface area contributed by atoms with Crippen LogP contribution in [0, 0.1) is 6.92 Å². The van der Waals surface area contributed by atoms with Gasteiger partial charge in [-0.15, -0.1) is 6.58 Å². The third-order valence-electron chi connectivity index (χ3n) is 4.00. The van der Waals surface area contributed by atoms with Gasteiger partial charge in [-0.3, -0.25) is 9.10 Å². The number of hydrogen-bond donors (Lipinski definition) is 1. The predicted molar refractivity (Wildman–Crippen MR) is 119 cm³/mol. The summed E-state index contributed by atoms with van der Waals surface area (Å²) in [6.07, 6.45) is 2.67. The normalized spacial score (nSPS) is 11.1. The molecule has 1 N–H and O–H groups in total. The summed E-state index contributed by atoms with van der Waals surface area (Å²) in [6, 6.07) is 14.9. The lowest BCUT2D eigenvalue weighted by Gasteiger charge is -2.20. The van der Waals surface area contributed by atoms with Crippen LogP contribution in [0.3, 0.4) is 0 Å². The third-order valence-corrected chi connectivity index (χ3v) is 6.19. The molecule has 0 aliphatic rings. The van der Waals surface area contributed by atoms with E-state index in [2.05, 4.69) is 43.1 Å². The van der Waals surface area contributed by atoms with Crippen LogP contribution in [0.5, 0.6) is 0 Å². The molecule has 2 aromatic carbocycles. The molecule has 0 aliphatic carbocycles. The predicted octanol–water partition coefficient (Wildman–Crippen LogP) is 3.61. The van der Waals surface area contributed by atoms with Crippen LogP contribution in [-0.4, -0.2) is 39.4 Å². The molecule has 1 amide bonds. The van der Waals surface area contributed by atoms with Crippen molar-refractivity contribution in [2.45, 2.75) is 12.7 Å². The molecule has 0 unspecified atom stereocenters. The maximum absolute atomic E-state index is 12.3. The molecule has 0 spiro atoms. The summed E-state index contributed by atoms with van der Waals surface area (Å²) >= 11 is 1.77. The van der Waals surface area contributed by atoms with Gasteiger partial charge in [-0.05, 0) is 36.8 Å². The van der Waals surface area contributed by atoms with Crippen LogP contribution in [0.4, 0.5) is 5.69 Å². The van der Waals surface area contributed by atoms with E-state index in [1.807, 2.05) is 0 Å². The van der Waals surface area contributed by atoms with Crippen molar-refractivity contribution < 1.29 is 13.2 Å². The second-order valence-corrected chi connectivity index (χ2v) is 9.44. The zero-order valence-corrected chi connectivity index (χ0v) is 17.9. The highest BCUT2D eigenvalue weighted by atomic mass is 32.2. The van der Waals surface area contributed by atoms with E-state index in [0.717, 1.165) is 17.8 Å². The molecule has 2 aromatic rings. The Bertz CT molecular complexity index is 910. The van der Waals surface area contributed by atoms with Crippen molar-refractivity contribution in [2.75, 3.05) is 29.4 Å². The smallest absolute Gasteiger partial charge is 0.251 e. The van der Waals surface area contributed by atoms with Gasteiger partial charge in [0.25, 0.3) is 5.91 Å². The largest absolute Gasteiger partial charge is 0.351 e. The lowest BCUT2D eigenvalue weighted by Crippen LogP contribution is -2.30. The van der Waals surface area contributed by atoms with Crippen molar-refractivity contribution in [2.24, 2.45) is 0 Å². The van der Waals surface area contributed by atoms with Crippen LogP contribution in [0.15, 0.2) is 61.2 Å². The SMILES string of the molecule is C=CCN(c1ccc(C(=O)NCCSCc2cccc(C)c2)cc1)S(C)(=O)=O. The summed E-state index contributed by atoms with van der Waals surface area (Å²) < 4.78 is 25.0. The van der Waals surface area contributed by atoms with Gasteiger partial charge in [0.2, 0.25) is 10.0 Å². The first kappa shape index (κ1) is 22.0. The van der Waals surface area contributed by atoms with Crippen molar-refractivity contribution in [3.8, 4) is 0 Å². The summed E-state index contributed by atoms with van der Waals surface area (Å²) in [4.78, 5) is 12.3. The Morgan fingerprint density at radius 3 is 2.54 bits per heavy atom. The molecule has 28 heavy (non-hydrogen) atoms. The van der Waals surface area contributed by atoms with E-state index in [1.54, 1.807) is 36.0 Å². The molecule has 0 radical (unpaired) electrons. The van der Waals surface area contributed by atoms with Crippen LogP contribution in [-0.2, 0) is 15.8 Å². The minimum absolute atomic E-state index is 0.169. The summed E-state index contributed by atoms with van der Waals surface area (Å²) in [7, 11) is -3.40. The molecular formula is C21H26N2O3S2. The number of nitrogens with one attached hydrogen (secondary N) is 1. The highest BCUT2D eigenvalue weighted by Gasteiger charge is 2.16. The number of sulfonamides is 1. The number of carbonyl (C=O) groups excluding carboxylic acids is 1. The number of nitrogens with zero attached hydrogens (tertiary/aromatic N) is 1. The molecule has 7 heteroatoms. The maximum Gasteiger partial charge on any atom is 0.251 e. The number of amides is 1. The lowest BCUT2D eigenvalue weighted by molar-refractivity contribution is 0.0956. The van der Waals surface area contributed by atoms with Gasteiger partial charge in [-0.25, -0.2) is 8.42 Å². The molecule has 0 saturated heterocycles. The minimum atomic E-state index is -3.40. The van der Waals surface area contributed by atoms with Crippen LogP contribution < -0.4 is 9.62 Å². The Labute approximate surface area is 171 Å². The van der Waals surface area contributed by atoms with E-state index in [1.165, 1.54) is 21.5 Å². The molecule has 0 saturated carbocycles. The molecule has 2 rings (SSSR count). The van der Waals surface area contributed by atoms with E-state index in [4.69, 9.17) is 0 Å². The molecule has 0 fully saturated rings. The number of thioether (sulfide) groups is 1. The number of aryl methyl sites for hydroxylation is 1. The summed E-state index contributed by atoms with van der Waals surface area (Å²) in [6.45, 7) is 6.42. The average molecular weight is 419 g/mol. The standard InChI is InChI=1S/C21H26N2O3S2/c1-4-13-23(28(3,25)26)20-10-8-19(9-11-20)21(24)22-12-14-27-16-18-7-5-6-17(2)15-18/h4-11,15H,1,12-14,16H2,2-3H3,(H,22,24). The summed E-state index contributed by atoms with van der Waals surface area (Å²) in [5.41, 5.74) is 3.53. The van der Waals surface area contributed by atoms with Gasteiger partial charge in [0.1, 0.15) is 0 Å². The van der Waals surface area contributed by atoms with Crippen LogP contribution in [0.25, 0.3) is 0 Å². The first-order valence-corrected chi connectivity index (χ1v) is 11.9. The molecule has 150 valence electrons. The monoisotopic (exact) mass is 418 g/mol. The van der Waals surface area contributed by atoms with E-state index in [9.17, 15) is 13.2 Å². The highest BCUT2D eigenvalue weighted by molar-refractivity contribution is 7.98. The van der Waals surface area contributed by atoms with Gasteiger partial charge in [0, 0.05) is 23.6 Å². The van der Waals surface area contributed by atoms with E-state index < -0.39 is 10.0 Å². The Balaban J connectivity index is 1.83. The van der Waals surface area contributed by atoms with Gasteiger partial charge < -0.3 is 5.32 Å². The topological polar surface area (TPSA) is 66.5 Å². The first-order valence-electron chi connectivity index (χ1n) is 8.91. The second kappa shape index (κ2) is 10.3. The Morgan fingerprint density at radius 1 is 1.21 bits per heavy atom. The van der Waals surface area contributed by atoms with Crippen molar-refractivity contribution in [1.82, 2.24) is 5.32 Å². The fraction of sp³-hybridized carbons (Fsp3) is 0.286. The van der Waals surface area contributed by atoms with Gasteiger partial charge >= 0.3 is 0 Å². The fourth-order valence-corrected chi connectivity index (χ4v) is 4.35. The maximum atomic E-state index is 12.3. The molecule has 0 bridgehead atoms. The number of carbonyl (C=O) groups is 1. The highest BCUT2D eigenvalue weighted by Crippen LogP contribution is 2.18. The van der Waals surface area contributed by atoms with Gasteiger partial charge in [-0.2, -0.15) is 11.8 Å². The van der Waals surface area contributed by atoms with E-state index >= 15 is 0 Å². The lowest BCUT2D eigenvalue weighted by atomic mass is 10.2. The van der Waals surface area contributed by atoms with Gasteiger partial charge in [0.05, 0.1) is 18.5 Å². The van der Waals surface area contributed by atoms with E-state index in [-0.39, 0.29) is 12.5 Å². The molecular weight excluding hydrogens is 392 g/mol. The molecule has 0 heterocycles. The zero-order chi connectivity index (χ0) is 20.6. The summed E-state index contributed by atoms with van der Waals surface area (Å²) in [5, 5.41) is 2.89. The first-order chi connectivity index (χ1) is 13.3. The molecule has 0 aromatic heterocycles. The van der Waals surface area contributed by atoms with Crippen LogP contribution in [0.1, 0.15) is 21.5 Å². The average Bonchev–Trinajstić information content (AvgIpc) is 2.65. The van der Waals surface area contributed by atoms with Crippen LogP contribution >= 0.6 is 11.8 Å². The van der Waals surface area contributed by atoms with E-state index in [0.29, 0.717) is 17.8 Å². The Hall–Kier alpha value is -2.25. The minimum Gasteiger partial charge on any atom is -0.351 e. The van der Waals surface area contributed by atoms with Crippen molar-refractivity contribution in [1.29, 1.82) is 0 Å². The molecule has 5 nitrogen and oxygen atoms in total. The number of rotatable bonds is 10. The summed E-state index contributed by atoms with van der Waals surface area (Å²) in [5.74, 6) is 1.56. The van der Waals surface area contributed by atoms with Crippen molar-refractivity contribution >= 4 is 33.4 Å². The zero-order valence-electron chi connectivity index (χ0n) is 16.2. The fourth-order valence-electron chi connectivity index (χ4n) is 2.66. The number of anilines is 1. The van der Waals surface area contributed by atoms with Crippen molar-refractivity contribution in [3.63, 3.8) is 0 Å². The van der Waals surface area contributed by atoms with Gasteiger partial charge in [0.15, 0.2) is 0 Å². The Morgan fingerprint density at radius 2 is 1.93 bits per heavy atom. The third kappa shape index (κ3) is 6.73. The molecule has 0 atom stereocenters. The quantitative estimate of drug-likeness (QED) is 0.473. The number of hydrogen-bond acceptors (Lipinski definition) is 4. The molecule has 0 aliphatic heterocycles. The second-order valence-electron chi connectivity index (χ2n) is 6.43.